The molecule has 1 aromatic carbocycles. The fourth-order valence-electron chi connectivity index (χ4n) is 3.34. The highest BCUT2D eigenvalue weighted by Gasteiger charge is 2.33. The molecular weight excluding hydrogens is 310 g/mol. The van der Waals surface area contributed by atoms with Crippen LogP contribution in [-0.4, -0.2) is 53.3 Å². The summed E-state index contributed by atoms with van der Waals surface area (Å²) in [7, 11) is 0. The molecule has 0 aromatic heterocycles. The number of nitrogens with zero attached hydrogens (tertiary/aromatic N) is 1. The molecule has 1 saturated heterocycles. The summed E-state index contributed by atoms with van der Waals surface area (Å²) in [5.74, 6) is -0.533. The van der Waals surface area contributed by atoms with Gasteiger partial charge in [-0.25, -0.2) is 4.79 Å². The zero-order valence-corrected chi connectivity index (χ0v) is 13.8. The van der Waals surface area contributed by atoms with Gasteiger partial charge in [0.05, 0.1) is 18.8 Å². The average molecular weight is 333 g/mol. The van der Waals surface area contributed by atoms with Crippen LogP contribution in [0, 0.1) is 0 Å². The Hall–Kier alpha value is -2.08. The predicted molar refractivity (Wildman–Crippen MR) is 87.2 cm³/mol. The van der Waals surface area contributed by atoms with Gasteiger partial charge in [0.15, 0.2) is 6.10 Å². The third-order valence-electron chi connectivity index (χ3n) is 4.51. The van der Waals surface area contributed by atoms with Crippen molar-refractivity contribution < 1.29 is 24.2 Å². The largest absolute Gasteiger partial charge is 0.490 e. The van der Waals surface area contributed by atoms with Gasteiger partial charge < -0.3 is 19.5 Å². The number of amides is 1. The molecule has 2 aliphatic rings. The van der Waals surface area contributed by atoms with Gasteiger partial charge in [0, 0.05) is 12.1 Å². The number of benzene rings is 1. The lowest BCUT2D eigenvalue weighted by molar-refractivity contribution is -0.160. The van der Waals surface area contributed by atoms with Gasteiger partial charge in [0.2, 0.25) is 0 Å². The van der Waals surface area contributed by atoms with E-state index in [0.717, 1.165) is 12.8 Å². The molecule has 1 aliphatic heterocycles. The van der Waals surface area contributed by atoms with Gasteiger partial charge in [-0.05, 0) is 50.8 Å². The van der Waals surface area contributed by atoms with E-state index in [0.29, 0.717) is 17.9 Å². The fourth-order valence-corrected chi connectivity index (χ4v) is 3.34. The van der Waals surface area contributed by atoms with Crippen molar-refractivity contribution in [3.63, 3.8) is 0 Å². The minimum Gasteiger partial charge on any atom is -0.490 e. The maximum Gasteiger partial charge on any atom is 0.334 e. The van der Waals surface area contributed by atoms with Crippen molar-refractivity contribution in [1.29, 1.82) is 0 Å². The number of carbonyl (C=O) groups is 2. The Kier molecular flexibility index (Phi) is 5.04. The average Bonchev–Trinajstić information content (AvgIpc) is 3.06. The number of carboxylic acid groups (broad SMARTS) is 1. The number of rotatable bonds is 4. The van der Waals surface area contributed by atoms with E-state index in [1.807, 2.05) is 6.07 Å². The van der Waals surface area contributed by atoms with Gasteiger partial charge >= 0.3 is 5.97 Å². The maximum atomic E-state index is 12.7. The summed E-state index contributed by atoms with van der Waals surface area (Å²) in [5, 5.41) is 9.15. The third kappa shape index (κ3) is 3.87. The summed E-state index contributed by atoms with van der Waals surface area (Å²) in [4.78, 5) is 25.4. The number of ether oxygens (including phenoxy) is 2. The molecule has 1 heterocycles. The van der Waals surface area contributed by atoms with Crippen molar-refractivity contribution >= 4 is 11.9 Å². The maximum absolute atomic E-state index is 12.7. The quantitative estimate of drug-likeness (QED) is 0.915. The Labute approximate surface area is 141 Å². The molecule has 1 amide bonds. The molecule has 1 aromatic rings. The second-order valence-corrected chi connectivity index (χ2v) is 6.54. The van der Waals surface area contributed by atoms with Crippen LogP contribution in [0.15, 0.2) is 24.3 Å². The predicted octanol–water partition coefficient (Wildman–Crippen LogP) is 2.32. The first-order chi connectivity index (χ1) is 11.5. The van der Waals surface area contributed by atoms with Gasteiger partial charge in [-0.1, -0.05) is 6.07 Å². The molecular formula is C18H23NO5. The van der Waals surface area contributed by atoms with Crippen molar-refractivity contribution in [3.8, 4) is 5.75 Å². The highest BCUT2D eigenvalue weighted by molar-refractivity contribution is 5.95. The molecule has 1 N–H and O–H groups in total. The molecule has 6 nitrogen and oxygen atoms in total. The Morgan fingerprint density at radius 3 is 2.71 bits per heavy atom. The Morgan fingerprint density at radius 1 is 1.25 bits per heavy atom. The van der Waals surface area contributed by atoms with Gasteiger partial charge in [-0.2, -0.15) is 0 Å². The summed E-state index contributed by atoms with van der Waals surface area (Å²) < 4.78 is 11.3. The van der Waals surface area contributed by atoms with Crippen molar-refractivity contribution in [1.82, 2.24) is 4.90 Å². The number of hydrogen-bond acceptors (Lipinski definition) is 4. The molecule has 6 heteroatoms. The summed E-state index contributed by atoms with van der Waals surface area (Å²) in [6, 6.07) is 7.14. The van der Waals surface area contributed by atoms with Crippen molar-refractivity contribution in [2.45, 2.75) is 50.9 Å². The van der Waals surface area contributed by atoms with Crippen LogP contribution in [0.5, 0.6) is 5.75 Å². The lowest BCUT2D eigenvalue weighted by Crippen LogP contribution is -2.51. The first-order valence-corrected chi connectivity index (χ1v) is 8.47. The number of carboxylic acids is 1. The molecule has 2 atom stereocenters. The zero-order chi connectivity index (χ0) is 17.1. The van der Waals surface area contributed by atoms with Crippen LogP contribution >= 0.6 is 0 Å². The van der Waals surface area contributed by atoms with Gasteiger partial charge in [-0.15, -0.1) is 0 Å². The van der Waals surface area contributed by atoms with Crippen LogP contribution in [0.3, 0.4) is 0 Å². The van der Waals surface area contributed by atoms with Gasteiger partial charge in [0.1, 0.15) is 5.75 Å². The normalized spacial score (nSPS) is 24.8. The molecule has 1 aliphatic carbocycles. The van der Waals surface area contributed by atoms with Crippen LogP contribution in [0.1, 0.15) is 43.0 Å². The third-order valence-corrected chi connectivity index (χ3v) is 4.51. The van der Waals surface area contributed by atoms with Crippen molar-refractivity contribution in [2.24, 2.45) is 0 Å². The standard InChI is InChI=1S/C18H23NO5/c1-12-10-19(11-16(23-12)18(21)22)17(20)13-5-4-8-15(9-13)24-14-6-2-3-7-14/h4-5,8-9,12,14,16H,2-3,6-7,10-11H2,1H3,(H,21,22)/t12-,16?/m1/s1. The van der Waals surface area contributed by atoms with E-state index in [1.54, 1.807) is 30.0 Å². The SMILES string of the molecule is C[C@@H]1CN(C(=O)c2cccc(OC3CCCC3)c2)CC(C(=O)O)O1. The summed E-state index contributed by atoms with van der Waals surface area (Å²) >= 11 is 0. The minimum absolute atomic E-state index is 0.0617. The first kappa shape index (κ1) is 16.8. The molecule has 1 unspecified atom stereocenters. The van der Waals surface area contributed by atoms with Crippen molar-refractivity contribution in [2.75, 3.05) is 13.1 Å². The molecule has 0 radical (unpaired) electrons. The van der Waals surface area contributed by atoms with Crippen LogP contribution in [0.4, 0.5) is 0 Å². The van der Waals surface area contributed by atoms with E-state index in [4.69, 9.17) is 14.6 Å². The highest BCUT2D eigenvalue weighted by Crippen LogP contribution is 2.25. The first-order valence-electron chi connectivity index (χ1n) is 8.47. The number of carbonyl (C=O) groups excluding carboxylic acids is 1. The van der Waals surface area contributed by atoms with Gasteiger partial charge in [-0.3, -0.25) is 4.79 Å². The van der Waals surface area contributed by atoms with E-state index < -0.39 is 12.1 Å². The van der Waals surface area contributed by atoms with Crippen LogP contribution in [0.25, 0.3) is 0 Å². The van der Waals surface area contributed by atoms with E-state index >= 15 is 0 Å². The van der Waals surface area contributed by atoms with E-state index in [-0.39, 0.29) is 24.7 Å². The minimum atomic E-state index is -1.04. The fraction of sp³-hybridized carbons (Fsp3) is 0.556. The second kappa shape index (κ2) is 7.21. The molecule has 0 bridgehead atoms. The molecule has 130 valence electrons. The molecule has 1 saturated carbocycles. The molecule has 0 spiro atoms. The Morgan fingerprint density at radius 2 is 2.00 bits per heavy atom. The summed E-state index contributed by atoms with van der Waals surface area (Å²) in [6.45, 7) is 2.22. The second-order valence-electron chi connectivity index (χ2n) is 6.54. The van der Waals surface area contributed by atoms with Crippen LogP contribution < -0.4 is 4.74 Å². The zero-order valence-electron chi connectivity index (χ0n) is 13.8. The van der Waals surface area contributed by atoms with E-state index in [1.165, 1.54) is 12.8 Å². The van der Waals surface area contributed by atoms with Crippen LogP contribution in [0.2, 0.25) is 0 Å². The number of morpholine rings is 1. The topological polar surface area (TPSA) is 76.1 Å². The molecule has 24 heavy (non-hydrogen) atoms. The highest BCUT2D eigenvalue weighted by atomic mass is 16.5. The lowest BCUT2D eigenvalue weighted by atomic mass is 10.1. The molecule has 2 fully saturated rings. The van der Waals surface area contributed by atoms with Crippen molar-refractivity contribution in [3.05, 3.63) is 29.8 Å². The summed E-state index contributed by atoms with van der Waals surface area (Å²) in [5.41, 5.74) is 0.517. The monoisotopic (exact) mass is 333 g/mol. The smallest absolute Gasteiger partial charge is 0.334 e. The lowest BCUT2D eigenvalue weighted by Gasteiger charge is -2.35. The molecule has 3 rings (SSSR count). The van der Waals surface area contributed by atoms with E-state index in [9.17, 15) is 9.59 Å². The number of hydrogen-bond donors (Lipinski definition) is 1. The Balaban J connectivity index is 1.70. The number of aliphatic carboxylic acids is 1. The Bertz CT molecular complexity index is 611. The van der Waals surface area contributed by atoms with Crippen LogP contribution in [-0.2, 0) is 9.53 Å². The van der Waals surface area contributed by atoms with E-state index in [2.05, 4.69) is 0 Å². The summed E-state index contributed by atoms with van der Waals surface area (Å²) in [6.07, 6.45) is 3.43. The van der Waals surface area contributed by atoms with Gasteiger partial charge in [0.25, 0.3) is 5.91 Å².